The van der Waals surface area contributed by atoms with Gasteiger partial charge in [0.1, 0.15) is 29.1 Å². The highest BCUT2D eigenvalue weighted by molar-refractivity contribution is 14.1. The number of carbonyl (C=O) groups excluding carboxylic acids is 2. The van der Waals surface area contributed by atoms with Crippen LogP contribution in [0.3, 0.4) is 0 Å². The lowest BCUT2D eigenvalue weighted by Gasteiger charge is -2.22. The zero-order chi connectivity index (χ0) is 27.1. The minimum absolute atomic E-state index is 0.0375. The predicted octanol–water partition coefficient (Wildman–Crippen LogP) is 5.63. The van der Waals surface area contributed by atoms with Crippen LogP contribution in [0.5, 0.6) is 0 Å². The second kappa shape index (κ2) is 10.1. The molecule has 3 aromatic carbocycles. The molecule has 1 unspecified atom stereocenters. The first-order valence-electron chi connectivity index (χ1n) is 10.8. The lowest BCUT2D eigenvalue weighted by atomic mass is 9.81. The highest BCUT2D eigenvalue weighted by Gasteiger charge is 2.49. The summed E-state index contributed by atoms with van der Waals surface area (Å²) in [6, 6.07) is 8.66. The highest BCUT2D eigenvalue weighted by Crippen LogP contribution is 2.47. The number of nitrogens with zero attached hydrogens (tertiary/aromatic N) is 2. The molecular formula is C26H17F5IN3O2. The molecule has 0 radical (unpaired) electrons. The van der Waals surface area contributed by atoms with Gasteiger partial charge in [0.2, 0.25) is 5.91 Å². The molecule has 4 rings (SSSR count). The zero-order valence-corrected chi connectivity index (χ0v) is 21.3. The van der Waals surface area contributed by atoms with Crippen LogP contribution < -0.4 is 10.2 Å². The number of anilines is 1. The summed E-state index contributed by atoms with van der Waals surface area (Å²) in [5.74, 6) is -6.29. The first kappa shape index (κ1) is 26.5. The fourth-order valence-electron chi connectivity index (χ4n) is 4.37. The zero-order valence-electron chi connectivity index (χ0n) is 19.1. The number of amides is 2. The number of hydrogen-bond acceptors (Lipinski definition) is 3. The average molecular weight is 625 g/mol. The maximum absolute atomic E-state index is 14.0. The van der Waals surface area contributed by atoms with Crippen molar-refractivity contribution < 1.29 is 31.5 Å². The Balaban J connectivity index is 1.71. The number of hydrogen-bond donors (Lipinski definition) is 1. The number of carbonyl (C=O) groups is 2. The van der Waals surface area contributed by atoms with E-state index in [1.165, 1.54) is 17.0 Å². The Morgan fingerprint density at radius 2 is 1.59 bits per heavy atom. The van der Waals surface area contributed by atoms with Gasteiger partial charge in [0.25, 0.3) is 5.91 Å². The number of nitrogens with one attached hydrogen (secondary N) is 1. The number of rotatable bonds is 6. The Bertz CT molecular complexity index is 1450. The minimum atomic E-state index is -1.28. The molecule has 1 heterocycles. The van der Waals surface area contributed by atoms with Crippen LogP contribution in [0.25, 0.3) is 0 Å². The molecule has 37 heavy (non-hydrogen) atoms. The van der Waals surface area contributed by atoms with E-state index >= 15 is 0 Å². The van der Waals surface area contributed by atoms with Crippen molar-refractivity contribution in [1.29, 1.82) is 5.26 Å². The van der Waals surface area contributed by atoms with Crippen LogP contribution >= 0.6 is 22.6 Å². The molecule has 5 nitrogen and oxygen atoms in total. The number of benzene rings is 3. The van der Waals surface area contributed by atoms with E-state index in [1.807, 2.05) is 28.7 Å². The van der Waals surface area contributed by atoms with Gasteiger partial charge in [-0.25, -0.2) is 22.0 Å². The SMILES string of the molecule is CC1(CC#N)C(=O)N(Cc2cc(F)cc(F)c2)c2cc(C(=O)NCc3c(F)cc(F)cc3F)cc(I)c21. The van der Waals surface area contributed by atoms with E-state index in [4.69, 9.17) is 0 Å². The lowest BCUT2D eigenvalue weighted by molar-refractivity contribution is -0.122. The second-order valence-electron chi connectivity index (χ2n) is 8.72. The monoisotopic (exact) mass is 625 g/mol. The van der Waals surface area contributed by atoms with Gasteiger partial charge in [-0.05, 0) is 59.3 Å². The number of fused-ring (bicyclic) bond motifs is 1. The van der Waals surface area contributed by atoms with Crippen LogP contribution in [-0.4, -0.2) is 11.8 Å². The Morgan fingerprint density at radius 1 is 1.00 bits per heavy atom. The fraction of sp³-hybridized carbons (Fsp3) is 0.192. The molecule has 0 saturated heterocycles. The topological polar surface area (TPSA) is 73.2 Å². The molecule has 0 saturated carbocycles. The summed E-state index contributed by atoms with van der Waals surface area (Å²) in [4.78, 5) is 27.6. The molecule has 2 amide bonds. The molecule has 0 bridgehead atoms. The lowest BCUT2D eigenvalue weighted by Crippen LogP contribution is -2.38. The Kier molecular flexibility index (Phi) is 7.23. The normalized spacial score (nSPS) is 16.5. The Hall–Kier alpha value is -3.53. The molecule has 3 aromatic rings. The van der Waals surface area contributed by atoms with E-state index in [9.17, 15) is 36.8 Å². The van der Waals surface area contributed by atoms with Crippen molar-refractivity contribution in [1.82, 2.24) is 5.32 Å². The van der Waals surface area contributed by atoms with Gasteiger partial charge >= 0.3 is 0 Å². The fourth-order valence-corrected chi connectivity index (χ4v) is 5.58. The predicted molar refractivity (Wildman–Crippen MR) is 132 cm³/mol. The maximum Gasteiger partial charge on any atom is 0.251 e. The quantitative estimate of drug-likeness (QED) is 0.285. The van der Waals surface area contributed by atoms with E-state index in [1.54, 1.807) is 6.92 Å². The van der Waals surface area contributed by atoms with Crippen molar-refractivity contribution in [2.45, 2.75) is 31.8 Å². The third-order valence-electron chi connectivity index (χ3n) is 6.12. The van der Waals surface area contributed by atoms with Gasteiger partial charge in [0.05, 0.1) is 30.1 Å². The van der Waals surface area contributed by atoms with Gasteiger partial charge in [0, 0.05) is 45.0 Å². The number of nitriles is 1. The van der Waals surface area contributed by atoms with E-state index < -0.39 is 58.4 Å². The van der Waals surface area contributed by atoms with Crippen LogP contribution in [0, 0.1) is 44.0 Å². The molecule has 11 heteroatoms. The Labute approximate surface area is 222 Å². The molecule has 0 aliphatic carbocycles. The van der Waals surface area contributed by atoms with Crippen LogP contribution in [0.15, 0.2) is 42.5 Å². The summed E-state index contributed by atoms with van der Waals surface area (Å²) < 4.78 is 69.2. The molecule has 1 aliphatic rings. The molecule has 0 spiro atoms. The van der Waals surface area contributed by atoms with Gasteiger partial charge in [-0.2, -0.15) is 5.26 Å². The summed E-state index contributed by atoms with van der Waals surface area (Å²) in [7, 11) is 0. The minimum Gasteiger partial charge on any atom is -0.348 e. The van der Waals surface area contributed by atoms with Crippen molar-refractivity contribution in [2.75, 3.05) is 4.90 Å². The third-order valence-corrected chi connectivity index (χ3v) is 6.97. The largest absolute Gasteiger partial charge is 0.348 e. The van der Waals surface area contributed by atoms with Crippen molar-refractivity contribution in [2.24, 2.45) is 0 Å². The molecule has 0 fully saturated rings. The second-order valence-corrected chi connectivity index (χ2v) is 9.88. The third kappa shape index (κ3) is 5.02. The van der Waals surface area contributed by atoms with Gasteiger partial charge in [-0.15, -0.1) is 0 Å². The molecular weight excluding hydrogens is 608 g/mol. The summed E-state index contributed by atoms with van der Waals surface area (Å²) in [5, 5.41) is 11.8. The molecule has 1 aliphatic heterocycles. The molecule has 190 valence electrons. The van der Waals surface area contributed by atoms with Gasteiger partial charge in [0.15, 0.2) is 0 Å². The summed E-state index contributed by atoms with van der Waals surface area (Å²) in [6.45, 7) is 0.780. The van der Waals surface area contributed by atoms with Crippen LogP contribution in [-0.2, 0) is 23.3 Å². The van der Waals surface area contributed by atoms with E-state index in [0.717, 1.165) is 12.1 Å². The van der Waals surface area contributed by atoms with Crippen LogP contribution in [0.4, 0.5) is 27.6 Å². The van der Waals surface area contributed by atoms with Crippen molar-refractivity contribution >= 4 is 40.1 Å². The first-order valence-corrected chi connectivity index (χ1v) is 11.9. The van der Waals surface area contributed by atoms with Gasteiger partial charge in [-0.3, -0.25) is 9.59 Å². The summed E-state index contributed by atoms with van der Waals surface area (Å²) in [6.07, 6.45) is -0.183. The summed E-state index contributed by atoms with van der Waals surface area (Å²) in [5.41, 5.74) is -0.868. The first-order chi connectivity index (χ1) is 17.4. The van der Waals surface area contributed by atoms with Gasteiger partial charge < -0.3 is 10.2 Å². The number of halogens is 6. The van der Waals surface area contributed by atoms with E-state index in [2.05, 4.69) is 5.32 Å². The molecule has 0 aromatic heterocycles. The molecule has 1 atom stereocenters. The average Bonchev–Trinajstić information content (AvgIpc) is 2.99. The highest BCUT2D eigenvalue weighted by atomic mass is 127. The van der Waals surface area contributed by atoms with E-state index in [-0.39, 0.29) is 29.8 Å². The smallest absolute Gasteiger partial charge is 0.251 e. The Morgan fingerprint density at radius 3 is 2.19 bits per heavy atom. The van der Waals surface area contributed by atoms with Gasteiger partial charge in [-0.1, -0.05) is 0 Å². The molecule has 1 N–H and O–H groups in total. The van der Waals surface area contributed by atoms with Crippen LogP contribution in [0.1, 0.15) is 40.4 Å². The van der Waals surface area contributed by atoms with E-state index in [0.29, 0.717) is 27.3 Å². The van der Waals surface area contributed by atoms with Crippen molar-refractivity contribution in [3.05, 3.63) is 97.4 Å². The van der Waals surface area contributed by atoms with Crippen LogP contribution in [0.2, 0.25) is 0 Å². The maximum atomic E-state index is 14.0. The summed E-state index contributed by atoms with van der Waals surface area (Å²) >= 11 is 1.92. The van der Waals surface area contributed by atoms with Crippen molar-refractivity contribution in [3.63, 3.8) is 0 Å². The van der Waals surface area contributed by atoms with Crippen molar-refractivity contribution in [3.8, 4) is 6.07 Å². The standard InChI is InChI=1S/C26H17F5IN3O2/c1-26(2-3-33)23-21(32)6-14(24(36)34-11-18-19(30)9-17(29)10-20(18)31)7-22(23)35(25(26)37)12-13-4-15(27)8-16(28)5-13/h4-10H,2,11-12H2,1H3,(H,34,36).